The molecule has 1 aromatic carbocycles. The number of piperidine rings is 1. The van der Waals surface area contributed by atoms with Gasteiger partial charge in [0.25, 0.3) is 5.91 Å². The summed E-state index contributed by atoms with van der Waals surface area (Å²) in [6.07, 6.45) is 2.55. The van der Waals surface area contributed by atoms with Gasteiger partial charge in [0, 0.05) is 26.2 Å². The van der Waals surface area contributed by atoms with Crippen molar-refractivity contribution < 1.29 is 32.3 Å². The van der Waals surface area contributed by atoms with E-state index in [0.717, 1.165) is 12.8 Å². The van der Waals surface area contributed by atoms with E-state index in [0.29, 0.717) is 39.0 Å². The van der Waals surface area contributed by atoms with Crippen LogP contribution in [0.3, 0.4) is 0 Å². The molecule has 2 heterocycles. The van der Waals surface area contributed by atoms with Crippen molar-refractivity contribution in [2.45, 2.75) is 30.6 Å². The van der Waals surface area contributed by atoms with Crippen molar-refractivity contribution in [1.29, 1.82) is 0 Å². The van der Waals surface area contributed by atoms with Gasteiger partial charge in [0.1, 0.15) is 0 Å². The van der Waals surface area contributed by atoms with Gasteiger partial charge in [-0.1, -0.05) is 11.6 Å². The molecule has 31 heavy (non-hydrogen) atoms. The molecule has 170 valence electrons. The van der Waals surface area contributed by atoms with Crippen molar-refractivity contribution in [3.63, 3.8) is 0 Å². The van der Waals surface area contributed by atoms with Gasteiger partial charge in [0.15, 0.2) is 6.61 Å². The Kier molecular flexibility index (Phi) is 7.55. The van der Waals surface area contributed by atoms with Crippen molar-refractivity contribution in [1.82, 2.24) is 9.21 Å². The third kappa shape index (κ3) is 5.36. The van der Waals surface area contributed by atoms with E-state index in [2.05, 4.69) is 0 Å². The van der Waals surface area contributed by atoms with E-state index < -0.39 is 28.5 Å². The second kappa shape index (κ2) is 9.97. The summed E-state index contributed by atoms with van der Waals surface area (Å²) in [5.41, 5.74) is -0.112. The minimum absolute atomic E-state index is 0.0386. The van der Waals surface area contributed by atoms with Crippen LogP contribution in [-0.2, 0) is 29.1 Å². The number of halogens is 1. The van der Waals surface area contributed by atoms with Crippen LogP contribution in [0.4, 0.5) is 0 Å². The number of carbonyl (C=O) groups excluding carboxylic acids is 3. The van der Waals surface area contributed by atoms with Crippen molar-refractivity contribution in [3.8, 4) is 0 Å². The summed E-state index contributed by atoms with van der Waals surface area (Å²) in [5, 5.41) is 0.0386. The molecule has 2 fully saturated rings. The number of sulfonamides is 1. The largest absolute Gasteiger partial charge is 0.469 e. The van der Waals surface area contributed by atoms with Gasteiger partial charge in [0.2, 0.25) is 10.0 Å². The highest BCUT2D eigenvalue weighted by Gasteiger charge is 2.30. The Labute approximate surface area is 186 Å². The molecule has 0 atom stereocenters. The third-order valence-electron chi connectivity index (χ3n) is 5.57. The summed E-state index contributed by atoms with van der Waals surface area (Å²) in [6, 6.07) is 3.87. The summed E-state index contributed by atoms with van der Waals surface area (Å²) in [4.78, 5) is 37.9. The highest BCUT2D eigenvalue weighted by molar-refractivity contribution is 7.89. The smallest absolute Gasteiger partial charge is 0.340 e. The third-order valence-corrected chi connectivity index (χ3v) is 7.79. The number of esters is 2. The van der Waals surface area contributed by atoms with Gasteiger partial charge >= 0.3 is 11.9 Å². The first-order valence-electron chi connectivity index (χ1n) is 10.1. The minimum atomic E-state index is -3.72. The van der Waals surface area contributed by atoms with Crippen LogP contribution in [0.2, 0.25) is 5.02 Å². The van der Waals surface area contributed by atoms with E-state index in [1.807, 2.05) is 0 Å². The Bertz CT molecular complexity index is 952. The van der Waals surface area contributed by atoms with Crippen molar-refractivity contribution in [3.05, 3.63) is 28.8 Å². The number of nitrogens with zero attached hydrogens (tertiary/aromatic N) is 2. The van der Waals surface area contributed by atoms with Crippen LogP contribution in [-0.4, -0.2) is 75.4 Å². The number of methoxy groups -OCH3 is 1. The fourth-order valence-corrected chi connectivity index (χ4v) is 5.46. The lowest BCUT2D eigenvalue weighted by Crippen LogP contribution is -2.42. The number of ether oxygens (including phenoxy) is 2. The fraction of sp³-hybridized carbons (Fsp3) is 0.550. The molecular weight excluding hydrogens is 448 g/mol. The highest BCUT2D eigenvalue weighted by Crippen LogP contribution is 2.26. The van der Waals surface area contributed by atoms with Gasteiger partial charge in [-0.05, 0) is 43.9 Å². The Morgan fingerprint density at radius 3 is 2.35 bits per heavy atom. The van der Waals surface area contributed by atoms with Crippen LogP contribution < -0.4 is 0 Å². The lowest BCUT2D eigenvalue weighted by molar-refractivity contribution is -0.149. The van der Waals surface area contributed by atoms with E-state index >= 15 is 0 Å². The lowest BCUT2D eigenvalue weighted by atomic mass is 9.97. The molecule has 0 unspecified atom stereocenters. The molecule has 0 aromatic heterocycles. The Balaban J connectivity index is 1.60. The summed E-state index contributed by atoms with van der Waals surface area (Å²) in [6.45, 7) is 1.10. The van der Waals surface area contributed by atoms with Crippen LogP contribution in [0.5, 0.6) is 0 Å². The van der Waals surface area contributed by atoms with E-state index in [4.69, 9.17) is 21.1 Å². The first kappa shape index (κ1) is 23.5. The van der Waals surface area contributed by atoms with Gasteiger partial charge in [-0.15, -0.1) is 0 Å². The van der Waals surface area contributed by atoms with Crippen LogP contribution in [0.25, 0.3) is 0 Å². The summed E-state index contributed by atoms with van der Waals surface area (Å²) in [7, 11) is -2.39. The Morgan fingerprint density at radius 2 is 1.74 bits per heavy atom. The molecule has 0 spiro atoms. The van der Waals surface area contributed by atoms with Gasteiger partial charge in [-0.2, -0.15) is 4.31 Å². The molecule has 3 rings (SSSR count). The minimum Gasteiger partial charge on any atom is -0.469 e. The monoisotopic (exact) mass is 472 g/mol. The highest BCUT2D eigenvalue weighted by atomic mass is 35.5. The molecule has 2 aliphatic heterocycles. The van der Waals surface area contributed by atoms with Crippen molar-refractivity contribution in [2.75, 3.05) is 39.9 Å². The zero-order valence-corrected chi connectivity index (χ0v) is 18.8. The predicted octanol–water partition coefficient (Wildman–Crippen LogP) is 1.69. The first-order chi connectivity index (χ1) is 14.7. The maximum absolute atomic E-state index is 12.7. The normalized spacial score (nSPS) is 18.1. The number of hydrogen-bond donors (Lipinski definition) is 0. The standard InChI is InChI=1S/C20H25ClN2O7S/c1-29-19(25)14-6-10-22(11-7-14)18(24)13-30-20(26)16-12-15(4-5-17(16)21)31(27,28)23-8-2-3-9-23/h4-5,12,14H,2-3,6-11,13H2,1H3. The molecular formula is C20H25ClN2O7S. The molecule has 0 N–H and O–H groups in total. The Morgan fingerprint density at radius 1 is 1.10 bits per heavy atom. The second-order valence-corrected chi connectivity index (χ2v) is 9.85. The molecule has 11 heteroatoms. The number of hydrogen-bond acceptors (Lipinski definition) is 7. The molecule has 2 saturated heterocycles. The number of rotatable bonds is 6. The topological polar surface area (TPSA) is 110 Å². The average Bonchev–Trinajstić information content (AvgIpc) is 3.33. The van der Waals surface area contributed by atoms with Gasteiger partial charge in [-0.3, -0.25) is 9.59 Å². The quantitative estimate of drug-likeness (QED) is 0.579. The van der Waals surface area contributed by atoms with E-state index in [9.17, 15) is 22.8 Å². The van der Waals surface area contributed by atoms with Crippen LogP contribution in [0.1, 0.15) is 36.0 Å². The number of benzene rings is 1. The molecule has 0 bridgehead atoms. The number of amides is 1. The van der Waals surface area contributed by atoms with Gasteiger partial charge in [-0.25, -0.2) is 13.2 Å². The maximum Gasteiger partial charge on any atom is 0.340 e. The molecule has 2 aliphatic rings. The molecule has 0 radical (unpaired) electrons. The van der Waals surface area contributed by atoms with Crippen LogP contribution in [0, 0.1) is 5.92 Å². The number of likely N-dealkylation sites (tertiary alicyclic amines) is 1. The summed E-state index contributed by atoms with van der Waals surface area (Å²) < 4.78 is 36.6. The number of carbonyl (C=O) groups is 3. The van der Waals surface area contributed by atoms with Gasteiger partial charge < -0.3 is 14.4 Å². The van der Waals surface area contributed by atoms with Crippen molar-refractivity contribution in [2.24, 2.45) is 5.92 Å². The lowest BCUT2D eigenvalue weighted by Gasteiger charge is -2.30. The summed E-state index contributed by atoms with van der Waals surface area (Å²) >= 11 is 6.08. The first-order valence-corrected chi connectivity index (χ1v) is 11.9. The molecule has 1 amide bonds. The zero-order chi connectivity index (χ0) is 22.6. The predicted molar refractivity (Wildman–Crippen MR) is 111 cm³/mol. The summed E-state index contributed by atoms with van der Waals surface area (Å²) in [5.74, 6) is -1.80. The SMILES string of the molecule is COC(=O)C1CCN(C(=O)COC(=O)c2cc(S(=O)(=O)N3CCCC3)ccc2Cl)CC1. The molecule has 1 aromatic rings. The fourth-order valence-electron chi connectivity index (χ4n) is 3.73. The maximum atomic E-state index is 12.7. The van der Waals surface area contributed by atoms with E-state index in [-0.39, 0.29) is 27.4 Å². The zero-order valence-electron chi connectivity index (χ0n) is 17.2. The molecule has 9 nitrogen and oxygen atoms in total. The molecule has 0 saturated carbocycles. The van der Waals surface area contributed by atoms with Crippen molar-refractivity contribution >= 4 is 39.5 Å². The average molecular weight is 473 g/mol. The Hall–Kier alpha value is -2.17. The van der Waals surface area contributed by atoms with E-state index in [1.165, 1.54) is 34.5 Å². The van der Waals surface area contributed by atoms with Crippen LogP contribution in [0.15, 0.2) is 23.1 Å². The molecule has 0 aliphatic carbocycles. The second-order valence-electron chi connectivity index (χ2n) is 7.51. The van der Waals surface area contributed by atoms with Gasteiger partial charge in [0.05, 0.1) is 28.5 Å². The van der Waals surface area contributed by atoms with Crippen LogP contribution >= 0.6 is 11.6 Å². The van der Waals surface area contributed by atoms with E-state index in [1.54, 1.807) is 0 Å².